The minimum absolute atomic E-state index is 0.207. The second kappa shape index (κ2) is 6.68. The molecular weight excluding hydrogens is 338 g/mol. The number of hydrogen-bond acceptors (Lipinski definition) is 4. The highest BCUT2D eigenvalue weighted by molar-refractivity contribution is 7.92. The molecule has 5 nitrogen and oxygen atoms in total. The Balaban J connectivity index is 2.48. The number of rotatable bonds is 5. The number of nitrogens with one attached hydrogen (secondary N) is 1. The largest absolute Gasteiger partial charge is 0.495 e. The second-order valence-electron chi connectivity index (χ2n) is 5.06. The fraction of sp³-hybridized carbons (Fsp3) is 0.250. The van der Waals surface area contributed by atoms with Crippen LogP contribution >= 0.6 is 11.6 Å². The van der Waals surface area contributed by atoms with Crippen LogP contribution < -0.4 is 14.2 Å². The van der Waals surface area contributed by atoms with E-state index in [1.807, 2.05) is 13.0 Å². The summed E-state index contributed by atoms with van der Waals surface area (Å²) in [6.45, 7) is 3.66. The number of ether oxygens (including phenoxy) is 2. The molecule has 0 spiro atoms. The molecule has 0 radical (unpaired) electrons. The van der Waals surface area contributed by atoms with Crippen LogP contribution in [0.3, 0.4) is 0 Å². The van der Waals surface area contributed by atoms with Crippen LogP contribution in [0.1, 0.15) is 11.1 Å². The molecule has 0 unspecified atom stereocenters. The number of sulfonamides is 1. The van der Waals surface area contributed by atoms with E-state index in [0.717, 1.165) is 5.56 Å². The Hall–Kier alpha value is -1.92. The molecule has 7 heteroatoms. The van der Waals surface area contributed by atoms with Crippen LogP contribution in [0.5, 0.6) is 11.5 Å². The molecule has 0 aliphatic carbocycles. The number of hydrogen-bond donors (Lipinski definition) is 1. The molecule has 124 valence electrons. The lowest BCUT2D eigenvalue weighted by atomic mass is 10.2. The normalized spacial score (nSPS) is 11.2. The van der Waals surface area contributed by atoms with E-state index in [1.54, 1.807) is 19.1 Å². The number of benzene rings is 2. The molecule has 2 aromatic rings. The van der Waals surface area contributed by atoms with E-state index < -0.39 is 10.0 Å². The highest BCUT2D eigenvalue weighted by atomic mass is 35.5. The summed E-state index contributed by atoms with van der Waals surface area (Å²) in [5.41, 5.74) is 1.92. The SMILES string of the molecule is COc1cc(NS(=O)(=O)c2ccc(C)cc2C)c(OC)cc1Cl. The maximum atomic E-state index is 12.6. The summed E-state index contributed by atoms with van der Waals surface area (Å²) in [4.78, 5) is 0.207. The quantitative estimate of drug-likeness (QED) is 0.886. The highest BCUT2D eigenvalue weighted by Gasteiger charge is 2.20. The molecule has 1 N–H and O–H groups in total. The third kappa shape index (κ3) is 3.71. The fourth-order valence-corrected chi connectivity index (χ4v) is 3.76. The van der Waals surface area contributed by atoms with Crippen molar-refractivity contribution in [3.63, 3.8) is 0 Å². The Morgan fingerprint density at radius 2 is 1.65 bits per heavy atom. The van der Waals surface area contributed by atoms with Crippen molar-refractivity contribution in [2.45, 2.75) is 18.7 Å². The van der Waals surface area contributed by atoms with Gasteiger partial charge in [0.05, 0.1) is 29.8 Å². The molecule has 2 rings (SSSR count). The topological polar surface area (TPSA) is 64.6 Å². The average Bonchev–Trinajstić information content (AvgIpc) is 2.47. The van der Waals surface area contributed by atoms with Crippen LogP contribution in [0.25, 0.3) is 0 Å². The predicted octanol–water partition coefficient (Wildman–Crippen LogP) is 3.77. The van der Waals surface area contributed by atoms with Crippen molar-refractivity contribution in [1.82, 2.24) is 0 Å². The van der Waals surface area contributed by atoms with Gasteiger partial charge in [0.25, 0.3) is 10.0 Å². The molecule has 0 fully saturated rings. The zero-order valence-corrected chi connectivity index (χ0v) is 14.9. The number of halogens is 1. The van der Waals surface area contributed by atoms with Crippen LogP contribution in [0.2, 0.25) is 5.02 Å². The van der Waals surface area contributed by atoms with Gasteiger partial charge < -0.3 is 9.47 Å². The summed E-state index contributed by atoms with van der Waals surface area (Å²) in [5, 5.41) is 0.332. The maximum Gasteiger partial charge on any atom is 0.262 e. The van der Waals surface area contributed by atoms with Crippen LogP contribution in [-0.4, -0.2) is 22.6 Å². The first-order valence-corrected chi connectivity index (χ1v) is 8.66. The molecule has 0 saturated heterocycles. The molecule has 0 aromatic heterocycles. The standard InChI is InChI=1S/C16H18ClNO4S/c1-10-5-6-16(11(2)7-10)23(19,20)18-13-9-14(21-3)12(17)8-15(13)22-4/h5-9,18H,1-4H3. The highest BCUT2D eigenvalue weighted by Crippen LogP contribution is 2.37. The number of aryl methyl sites for hydroxylation is 2. The summed E-state index contributed by atoms with van der Waals surface area (Å²) in [6, 6.07) is 8.13. The van der Waals surface area contributed by atoms with E-state index in [4.69, 9.17) is 21.1 Å². The molecule has 0 aliphatic rings. The van der Waals surface area contributed by atoms with Crippen molar-refractivity contribution >= 4 is 27.3 Å². The molecule has 0 atom stereocenters. The van der Waals surface area contributed by atoms with Gasteiger partial charge in [0.15, 0.2) is 0 Å². The maximum absolute atomic E-state index is 12.6. The molecule has 2 aromatic carbocycles. The van der Waals surface area contributed by atoms with Crippen LogP contribution in [0.15, 0.2) is 35.2 Å². The lowest BCUT2D eigenvalue weighted by molar-refractivity contribution is 0.405. The van der Waals surface area contributed by atoms with Crippen LogP contribution in [-0.2, 0) is 10.0 Å². The van der Waals surface area contributed by atoms with Gasteiger partial charge in [-0.2, -0.15) is 0 Å². The van der Waals surface area contributed by atoms with Crippen LogP contribution in [0.4, 0.5) is 5.69 Å². The lowest BCUT2D eigenvalue weighted by Crippen LogP contribution is -2.15. The Kier molecular flexibility index (Phi) is 5.06. The average molecular weight is 356 g/mol. The first kappa shape index (κ1) is 17.4. The van der Waals surface area contributed by atoms with E-state index in [-0.39, 0.29) is 10.6 Å². The monoisotopic (exact) mass is 355 g/mol. The van der Waals surface area contributed by atoms with Crippen molar-refractivity contribution in [3.8, 4) is 11.5 Å². The molecule has 0 heterocycles. The van der Waals surface area contributed by atoms with E-state index >= 15 is 0 Å². The zero-order valence-electron chi connectivity index (χ0n) is 13.3. The Labute approximate surface area is 141 Å². The number of methoxy groups -OCH3 is 2. The lowest BCUT2D eigenvalue weighted by Gasteiger charge is -2.15. The summed E-state index contributed by atoms with van der Waals surface area (Å²) in [6.07, 6.45) is 0. The van der Waals surface area contributed by atoms with Crippen molar-refractivity contribution in [2.24, 2.45) is 0 Å². The summed E-state index contributed by atoms with van der Waals surface area (Å²) >= 11 is 6.03. The Morgan fingerprint density at radius 3 is 2.22 bits per heavy atom. The minimum atomic E-state index is -3.76. The summed E-state index contributed by atoms with van der Waals surface area (Å²) in [7, 11) is -0.868. The van der Waals surface area contributed by atoms with Gasteiger partial charge in [-0.15, -0.1) is 0 Å². The van der Waals surface area contributed by atoms with E-state index in [2.05, 4.69) is 4.72 Å². The van der Waals surface area contributed by atoms with Gasteiger partial charge in [-0.3, -0.25) is 4.72 Å². The smallest absolute Gasteiger partial charge is 0.262 e. The first-order valence-electron chi connectivity index (χ1n) is 6.80. The van der Waals surface area contributed by atoms with E-state index in [0.29, 0.717) is 22.1 Å². The predicted molar refractivity (Wildman–Crippen MR) is 91.3 cm³/mol. The summed E-state index contributed by atoms with van der Waals surface area (Å²) in [5.74, 6) is 0.662. The molecule has 0 saturated carbocycles. The van der Waals surface area contributed by atoms with Gasteiger partial charge in [-0.05, 0) is 25.5 Å². The minimum Gasteiger partial charge on any atom is -0.495 e. The van der Waals surface area contributed by atoms with Gasteiger partial charge in [0, 0.05) is 12.1 Å². The molecule has 0 amide bonds. The third-order valence-electron chi connectivity index (χ3n) is 3.34. The van der Waals surface area contributed by atoms with Crippen molar-refractivity contribution in [1.29, 1.82) is 0 Å². The third-order valence-corrected chi connectivity index (χ3v) is 5.16. The van der Waals surface area contributed by atoms with Crippen molar-refractivity contribution in [3.05, 3.63) is 46.5 Å². The first-order chi connectivity index (χ1) is 10.8. The van der Waals surface area contributed by atoms with Gasteiger partial charge in [0.2, 0.25) is 0 Å². The number of anilines is 1. The Bertz CT molecular complexity index is 834. The molecule has 0 aliphatic heterocycles. The van der Waals surface area contributed by atoms with E-state index in [1.165, 1.54) is 26.4 Å². The summed E-state index contributed by atoms with van der Waals surface area (Å²) < 4.78 is 38.1. The van der Waals surface area contributed by atoms with Crippen molar-refractivity contribution < 1.29 is 17.9 Å². The van der Waals surface area contributed by atoms with Crippen LogP contribution in [0, 0.1) is 13.8 Å². The zero-order chi connectivity index (χ0) is 17.2. The second-order valence-corrected chi connectivity index (χ2v) is 7.12. The van der Waals surface area contributed by atoms with Gasteiger partial charge in [-0.1, -0.05) is 29.3 Å². The molecule has 23 heavy (non-hydrogen) atoms. The van der Waals surface area contributed by atoms with E-state index in [9.17, 15) is 8.42 Å². The molecular formula is C16H18ClNO4S. The van der Waals surface area contributed by atoms with Gasteiger partial charge >= 0.3 is 0 Å². The molecule has 0 bridgehead atoms. The Morgan fingerprint density at radius 1 is 1.00 bits per heavy atom. The van der Waals surface area contributed by atoms with Gasteiger partial charge in [0.1, 0.15) is 11.5 Å². The van der Waals surface area contributed by atoms with Gasteiger partial charge in [-0.25, -0.2) is 8.42 Å². The van der Waals surface area contributed by atoms with Crippen molar-refractivity contribution in [2.75, 3.05) is 18.9 Å². The fourth-order valence-electron chi connectivity index (χ4n) is 2.24.